The molecule has 0 bridgehead atoms. The van der Waals surface area contributed by atoms with Gasteiger partial charge in [-0.05, 0) is 17.7 Å². The van der Waals surface area contributed by atoms with Crippen molar-refractivity contribution in [3.05, 3.63) is 29.8 Å². The van der Waals surface area contributed by atoms with Crippen LogP contribution < -0.4 is 4.74 Å². The van der Waals surface area contributed by atoms with E-state index in [1.807, 2.05) is 31.2 Å². The molecule has 0 heterocycles. The third-order valence-corrected chi connectivity index (χ3v) is 3.86. The molecular formula is C18H26O4. The molecule has 0 saturated heterocycles. The van der Waals surface area contributed by atoms with E-state index in [0.29, 0.717) is 13.2 Å². The second kappa shape index (κ2) is 9.47. The summed E-state index contributed by atoms with van der Waals surface area (Å²) in [5.41, 5.74) is 1.04. The average molecular weight is 306 g/mol. The van der Waals surface area contributed by atoms with Crippen molar-refractivity contribution in [1.82, 2.24) is 0 Å². The summed E-state index contributed by atoms with van der Waals surface area (Å²) >= 11 is 0. The molecule has 0 aliphatic rings. The molecule has 2 N–H and O–H groups in total. The first-order valence-electron chi connectivity index (χ1n) is 7.49. The van der Waals surface area contributed by atoms with Gasteiger partial charge in [-0.3, -0.25) is 0 Å². The number of terminal acetylenes is 1. The topological polar surface area (TPSA) is 58.9 Å². The number of ether oxygens (including phenoxy) is 2. The summed E-state index contributed by atoms with van der Waals surface area (Å²) in [5.74, 6) is 2.86. The smallest absolute Gasteiger partial charge is 0.118 e. The van der Waals surface area contributed by atoms with Crippen molar-refractivity contribution in [3.63, 3.8) is 0 Å². The highest BCUT2D eigenvalue weighted by atomic mass is 16.5. The molecule has 1 aromatic carbocycles. The molecule has 0 fully saturated rings. The number of methoxy groups -OCH3 is 1. The Kier molecular flexibility index (Phi) is 7.97. The first-order valence-corrected chi connectivity index (χ1v) is 7.49. The molecule has 0 radical (unpaired) electrons. The Morgan fingerprint density at radius 1 is 1.18 bits per heavy atom. The zero-order chi connectivity index (χ0) is 16.5. The van der Waals surface area contributed by atoms with Gasteiger partial charge < -0.3 is 19.7 Å². The Morgan fingerprint density at radius 3 is 2.36 bits per heavy atom. The summed E-state index contributed by atoms with van der Waals surface area (Å²) in [5, 5.41) is 20.1. The Bertz CT molecular complexity index is 463. The Hall–Kier alpha value is -1.54. The molecular weight excluding hydrogens is 280 g/mol. The minimum Gasteiger partial charge on any atom is -0.497 e. The zero-order valence-corrected chi connectivity index (χ0v) is 13.5. The summed E-state index contributed by atoms with van der Waals surface area (Å²) in [6, 6.07) is 7.66. The molecule has 22 heavy (non-hydrogen) atoms. The molecule has 1 rings (SSSR count). The summed E-state index contributed by atoms with van der Waals surface area (Å²) < 4.78 is 10.7. The summed E-state index contributed by atoms with van der Waals surface area (Å²) in [6.07, 6.45) is 4.09. The van der Waals surface area contributed by atoms with Crippen molar-refractivity contribution >= 4 is 0 Å². The Morgan fingerprint density at radius 2 is 1.82 bits per heavy atom. The maximum absolute atomic E-state index is 10.2. The highest BCUT2D eigenvalue weighted by Crippen LogP contribution is 2.19. The van der Waals surface area contributed by atoms with E-state index in [9.17, 15) is 10.2 Å². The van der Waals surface area contributed by atoms with Crippen LogP contribution in [0.2, 0.25) is 0 Å². The largest absolute Gasteiger partial charge is 0.497 e. The van der Waals surface area contributed by atoms with E-state index in [1.165, 1.54) is 0 Å². The number of hydrogen-bond donors (Lipinski definition) is 2. The van der Waals surface area contributed by atoms with Gasteiger partial charge in [0.15, 0.2) is 0 Å². The van der Waals surface area contributed by atoms with Crippen LogP contribution in [0.5, 0.6) is 5.75 Å². The molecule has 4 nitrogen and oxygen atoms in total. The monoisotopic (exact) mass is 306 g/mol. The lowest BCUT2D eigenvalue weighted by Gasteiger charge is -2.27. The first kappa shape index (κ1) is 18.5. The van der Waals surface area contributed by atoms with Crippen LogP contribution in [-0.4, -0.2) is 36.1 Å². The van der Waals surface area contributed by atoms with Crippen LogP contribution in [0.1, 0.15) is 25.8 Å². The second-order valence-electron chi connectivity index (χ2n) is 5.67. The van der Waals surface area contributed by atoms with Gasteiger partial charge in [-0.15, -0.1) is 12.3 Å². The number of benzene rings is 1. The van der Waals surface area contributed by atoms with Crippen LogP contribution in [0, 0.1) is 24.2 Å². The lowest BCUT2D eigenvalue weighted by molar-refractivity contribution is -0.0328. The van der Waals surface area contributed by atoms with E-state index in [1.54, 1.807) is 14.0 Å². The third kappa shape index (κ3) is 5.69. The fourth-order valence-electron chi connectivity index (χ4n) is 2.24. The van der Waals surface area contributed by atoms with E-state index in [2.05, 4.69) is 5.92 Å². The van der Waals surface area contributed by atoms with Crippen molar-refractivity contribution in [1.29, 1.82) is 0 Å². The SMILES string of the molecule is C#CC[C@H](O)[C@@H](C)[C@@H](O)[C@H](C)COCc1ccc(OC)cc1. The Balaban J connectivity index is 2.38. The molecule has 0 spiro atoms. The second-order valence-corrected chi connectivity index (χ2v) is 5.67. The third-order valence-electron chi connectivity index (χ3n) is 3.86. The fraction of sp³-hybridized carbons (Fsp3) is 0.556. The minimum atomic E-state index is -0.691. The molecule has 0 aromatic heterocycles. The summed E-state index contributed by atoms with van der Waals surface area (Å²) in [7, 11) is 1.63. The van der Waals surface area contributed by atoms with Crippen LogP contribution in [0.25, 0.3) is 0 Å². The molecule has 0 unspecified atom stereocenters. The van der Waals surface area contributed by atoms with Crippen molar-refractivity contribution in [3.8, 4) is 18.1 Å². The van der Waals surface area contributed by atoms with Crippen molar-refractivity contribution in [2.45, 2.75) is 39.1 Å². The average Bonchev–Trinajstić information content (AvgIpc) is 2.54. The lowest BCUT2D eigenvalue weighted by atomic mass is 9.88. The molecule has 1 aromatic rings. The maximum atomic E-state index is 10.2. The van der Waals surface area contributed by atoms with Gasteiger partial charge in [0.2, 0.25) is 0 Å². The minimum absolute atomic E-state index is 0.0827. The van der Waals surface area contributed by atoms with Crippen molar-refractivity contribution < 1.29 is 19.7 Å². The summed E-state index contributed by atoms with van der Waals surface area (Å²) in [4.78, 5) is 0. The van der Waals surface area contributed by atoms with Crippen LogP contribution in [0.15, 0.2) is 24.3 Å². The Labute approximate surface area is 133 Å². The number of aliphatic hydroxyl groups excluding tert-OH is 2. The number of hydrogen-bond acceptors (Lipinski definition) is 4. The van der Waals surface area contributed by atoms with Gasteiger partial charge in [0.1, 0.15) is 5.75 Å². The van der Waals surface area contributed by atoms with Crippen LogP contribution in [-0.2, 0) is 11.3 Å². The van der Waals surface area contributed by atoms with Crippen molar-refractivity contribution in [2.75, 3.05) is 13.7 Å². The van der Waals surface area contributed by atoms with Gasteiger partial charge in [0.05, 0.1) is 32.5 Å². The van der Waals surface area contributed by atoms with Gasteiger partial charge in [-0.2, -0.15) is 0 Å². The van der Waals surface area contributed by atoms with Crippen molar-refractivity contribution in [2.24, 2.45) is 11.8 Å². The number of rotatable bonds is 9. The van der Waals surface area contributed by atoms with E-state index in [-0.39, 0.29) is 18.3 Å². The van der Waals surface area contributed by atoms with Crippen LogP contribution in [0.4, 0.5) is 0 Å². The van der Waals surface area contributed by atoms with E-state index >= 15 is 0 Å². The molecule has 0 aliphatic heterocycles. The van der Waals surface area contributed by atoms with Gasteiger partial charge >= 0.3 is 0 Å². The lowest BCUT2D eigenvalue weighted by Crippen LogP contribution is -2.35. The molecule has 0 aliphatic carbocycles. The maximum Gasteiger partial charge on any atom is 0.118 e. The predicted molar refractivity (Wildman–Crippen MR) is 86.4 cm³/mol. The quantitative estimate of drug-likeness (QED) is 0.687. The number of aliphatic hydroxyl groups is 2. The van der Waals surface area contributed by atoms with E-state index in [0.717, 1.165) is 11.3 Å². The highest BCUT2D eigenvalue weighted by molar-refractivity contribution is 5.26. The predicted octanol–water partition coefficient (Wildman–Crippen LogP) is 2.23. The van der Waals surface area contributed by atoms with Gasteiger partial charge in [0, 0.05) is 18.3 Å². The van der Waals surface area contributed by atoms with Gasteiger partial charge in [-0.25, -0.2) is 0 Å². The highest BCUT2D eigenvalue weighted by Gasteiger charge is 2.26. The van der Waals surface area contributed by atoms with Gasteiger partial charge in [-0.1, -0.05) is 26.0 Å². The summed E-state index contributed by atoms with van der Waals surface area (Å²) in [6.45, 7) is 4.59. The molecule has 4 heteroatoms. The molecule has 0 amide bonds. The van der Waals surface area contributed by atoms with Crippen LogP contribution >= 0.6 is 0 Å². The first-order chi connectivity index (χ1) is 10.5. The zero-order valence-electron chi connectivity index (χ0n) is 13.5. The fourth-order valence-corrected chi connectivity index (χ4v) is 2.24. The molecule has 0 saturated carbocycles. The molecule has 122 valence electrons. The normalized spacial score (nSPS) is 16.4. The van der Waals surface area contributed by atoms with Gasteiger partial charge in [0.25, 0.3) is 0 Å². The standard InChI is InChI=1S/C18H26O4/c1-5-6-17(19)14(3)18(20)13(2)11-22-12-15-7-9-16(21-4)10-8-15/h1,7-10,13-14,17-20H,6,11-12H2,2-4H3/t13-,14-,17+,18+/m1/s1. The van der Waals surface area contributed by atoms with E-state index in [4.69, 9.17) is 15.9 Å². The molecule has 4 atom stereocenters. The van der Waals surface area contributed by atoms with Crippen LogP contribution in [0.3, 0.4) is 0 Å². The van der Waals surface area contributed by atoms with E-state index < -0.39 is 12.2 Å².